The largest absolute Gasteiger partial charge is 0.380 e. The van der Waals surface area contributed by atoms with E-state index in [0.29, 0.717) is 23.5 Å². The van der Waals surface area contributed by atoms with Gasteiger partial charge in [-0.1, -0.05) is 37.1 Å². The van der Waals surface area contributed by atoms with Crippen molar-refractivity contribution in [1.29, 1.82) is 0 Å². The Morgan fingerprint density at radius 2 is 2.08 bits per heavy atom. The Balaban J connectivity index is 1.60. The highest BCUT2D eigenvalue weighted by molar-refractivity contribution is 5.35. The first-order chi connectivity index (χ1) is 12.0. The van der Waals surface area contributed by atoms with E-state index >= 15 is 0 Å². The molecular weight excluding hydrogens is 315 g/mol. The third-order valence-corrected chi connectivity index (χ3v) is 6.73. The molecule has 3 heteroatoms. The van der Waals surface area contributed by atoms with E-state index < -0.39 is 0 Å². The van der Waals surface area contributed by atoms with Crippen LogP contribution in [0.25, 0.3) is 0 Å². The highest BCUT2D eigenvalue weighted by Gasteiger charge is 2.54. The summed E-state index contributed by atoms with van der Waals surface area (Å²) in [5, 5.41) is 0. The first-order valence-corrected chi connectivity index (χ1v) is 9.59. The Bertz CT molecular complexity index is 700. The summed E-state index contributed by atoms with van der Waals surface area (Å²) in [5.41, 5.74) is 5.04. The molecule has 2 unspecified atom stereocenters. The van der Waals surface area contributed by atoms with Crippen LogP contribution in [0.2, 0.25) is 0 Å². The molecule has 0 saturated carbocycles. The molecule has 4 rings (SSSR count). The normalized spacial score (nSPS) is 31.0. The zero-order chi connectivity index (χ0) is 17.7. The fourth-order valence-electron chi connectivity index (χ4n) is 5.11. The molecule has 3 aliphatic rings. The Morgan fingerprint density at radius 3 is 2.76 bits per heavy atom. The summed E-state index contributed by atoms with van der Waals surface area (Å²) in [7, 11) is 1.60. The van der Waals surface area contributed by atoms with Crippen LogP contribution in [0.15, 0.2) is 29.3 Å². The third-order valence-electron chi connectivity index (χ3n) is 6.73. The zero-order valence-corrected chi connectivity index (χ0v) is 15.7. The molecule has 1 fully saturated rings. The quantitative estimate of drug-likeness (QED) is 0.531. The topological polar surface area (TPSA) is 21.8 Å². The summed E-state index contributed by atoms with van der Waals surface area (Å²) in [6.45, 7) is 5.82. The Labute approximate surface area is 150 Å². The maximum Gasteiger partial charge on any atom is 0.129 e. The first kappa shape index (κ1) is 17.2. The molecule has 25 heavy (non-hydrogen) atoms. The van der Waals surface area contributed by atoms with Crippen molar-refractivity contribution in [2.45, 2.75) is 64.6 Å². The second-order valence-corrected chi connectivity index (χ2v) is 8.68. The van der Waals surface area contributed by atoms with Crippen molar-refractivity contribution in [2.75, 3.05) is 13.7 Å². The highest BCUT2D eigenvalue weighted by Crippen LogP contribution is 2.56. The van der Waals surface area contributed by atoms with Crippen molar-refractivity contribution in [2.24, 2.45) is 11.3 Å². The van der Waals surface area contributed by atoms with Gasteiger partial charge in [-0.05, 0) is 61.5 Å². The van der Waals surface area contributed by atoms with Crippen molar-refractivity contribution < 1.29 is 13.9 Å². The predicted octanol–water partition coefficient (Wildman–Crippen LogP) is 5.50. The number of methoxy groups -OCH3 is 1. The number of ether oxygens (including phenoxy) is 2. The molecule has 1 saturated heterocycles. The molecule has 1 heterocycles. The number of hydrogen-bond donors (Lipinski definition) is 0. The molecule has 1 aromatic carbocycles. The minimum Gasteiger partial charge on any atom is -0.380 e. The van der Waals surface area contributed by atoms with Crippen LogP contribution < -0.4 is 0 Å². The van der Waals surface area contributed by atoms with Crippen LogP contribution in [0, 0.1) is 17.2 Å². The van der Waals surface area contributed by atoms with E-state index in [0.717, 1.165) is 25.0 Å². The van der Waals surface area contributed by atoms with E-state index in [9.17, 15) is 4.39 Å². The van der Waals surface area contributed by atoms with Gasteiger partial charge in [0.15, 0.2) is 0 Å². The van der Waals surface area contributed by atoms with Gasteiger partial charge < -0.3 is 9.47 Å². The molecule has 1 aliphatic heterocycles. The molecule has 2 atom stereocenters. The second kappa shape index (κ2) is 6.21. The summed E-state index contributed by atoms with van der Waals surface area (Å²) in [6, 6.07) is 5.58. The predicted molar refractivity (Wildman–Crippen MR) is 96.7 cm³/mol. The smallest absolute Gasteiger partial charge is 0.129 e. The van der Waals surface area contributed by atoms with Gasteiger partial charge in [-0.2, -0.15) is 0 Å². The van der Waals surface area contributed by atoms with Gasteiger partial charge in [0.2, 0.25) is 0 Å². The Kier molecular flexibility index (Phi) is 4.28. The second-order valence-electron chi connectivity index (χ2n) is 8.68. The minimum absolute atomic E-state index is 0.178. The lowest BCUT2D eigenvalue weighted by Crippen LogP contribution is -2.32. The van der Waals surface area contributed by atoms with Crippen LogP contribution in [-0.4, -0.2) is 13.7 Å². The van der Waals surface area contributed by atoms with Gasteiger partial charge in [0.05, 0.1) is 13.2 Å². The number of rotatable bonds is 4. The maximum absolute atomic E-state index is 14.4. The van der Waals surface area contributed by atoms with Gasteiger partial charge in [-0.25, -0.2) is 4.39 Å². The first-order valence-electron chi connectivity index (χ1n) is 9.59. The number of benzene rings is 1. The Hall–Kier alpha value is -1.19. The molecule has 0 N–H and O–H groups in total. The molecule has 1 aromatic rings. The van der Waals surface area contributed by atoms with Gasteiger partial charge >= 0.3 is 0 Å². The molecule has 2 nitrogen and oxygen atoms in total. The van der Waals surface area contributed by atoms with Crippen molar-refractivity contribution in [1.82, 2.24) is 0 Å². The highest BCUT2D eigenvalue weighted by atomic mass is 19.1. The van der Waals surface area contributed by atoms with Crippen molar-refractivity contribution in [3.63, 3.8) is 0 Å². The molecule has 0 amide bonds. The Morgan fingerprint density at radius 1 is 1.28 bits per heavy atom. The van der Waals surface area contributed by atoms with E-state index in [2.05, 4.69) is 13.8 Å². The van der Waals surface area contributed by atoms with Gasteiger partial charge in [0, 0.05) is 12.7 Å². The van der Waals surface area contributed by atoms with Crippen molar-refractivity contribution in [3.05, 3.63) is 46.3 Å². The molecule has 0 bridgehead atoms. The standard InChI is InChI=1S/C22H29FO2/c1-21(2)10-4-5-15-6-8-17(11-19(15)21)22(14-25-22)18-9-7-16(13-24-3)20(23)12-18/h7,9,12,17H,4-6,8,10-11,13-14H2,1-3H3. The number of halogens is 1. The van der Waals surface area contributed by atoms with E-state index in [-0.39, 0.29) is 11.4 Å². The fourth-order valence-corrected chi connectivity index (χ4v) is 5.11. The average molecular weight is 344 g/mol. The van der Waals surface area contributed by atoms with Gasteiger partial charge in [0.1, 0.15) is 11.4 Å². The summed E-state index contributed by atoms with van der Waals surface area (Å²) in [4.78, 5) is 0. The van der Waals surface area contributed by atoms with Crippen molar-refractivity contribution in [3.8, 4) is 0 Å². The molecule has 136 valence electrons. The molecule has 0 spiro atoms. The van der Waals surface area contributed by atoms with Crippen LogP contribution in [-0.2, 0) is 21.7 Å². The summed E-state index contributed by atoms with van der Waals surface area (Å²) in [5.74, 6) is 0.291. The van der Waals surface area contributed by atoms with Crippen LogP contribution in [0.1, 0.15) is 63.5 Å². The van der Waals surface area contributed by atoms with E-state index in [1.807, 2.05) is 12.1 Å². The van der Waals surface area contributed by atoms with Crippen LogP contribution in [0.4, 0.5) is 4.39 Å². The van der Waals surface area contributed by atoms with E-state index in [4.69, 9.17) is 9.47 Å². The lowest BCUT2D eigenvalue weighted by atomic mass is 9.63. The van der Waals surface area contributed by atoms with Crippen LogP contribution in [0.5, 0.6) is 0 Å². The summed E-state index contributed by atoms with van der Waals surface area (Å²) < 4.78 is 25.5. The minimum atomic E-state index is -0.265. The summed E-state index contributed by atoms with van der Waals surface area (Å²) >= 11 is 0. The third kappa shape index (κ3) is 2.96. The van der Waals surface area contributed by atoms with E-state index in [1.54, 1.807) is 24.3 Å². The maximum atomic E-state index is 14.4. The van der Waals surface area contributed by atoms with E-state index in [1.165, 1.54) is 25.7 Å². The number of allylic oxidation sites excluding steroid dienone is 2. The van der Waals surface area contributed by atoms with Crippen molar-refractivity contribution >= 4 is 0 Å². The summed E-state index contributed by atoms with van der Waals surface area (Å²) in [6.07, 6.45) is 7.36. The SMILES string of the molecule is COCc1ccc(C2(C3CCC4=C(C3)C(C)(C)CCC4)CO2)cc1F. The molecular formula is C22H29FO2. The van der Waals surface area contributed by atoms with Crippen LogP contribution in [0.3, 0.4) is 0 Å². The molecule has 0 radical (unpaired) electrons. The van der Waals surface area contributed by atoms with Gasteiger partial charge in [0.25, 0.3) is 0 Å². The lowest BCUT2D eigenvalue weighted by Gasteiger charge is -2.42. The average Bonchev–Trinajstić information content (AvgIpc) is 3.38. The van der Waals surface area contributed by atoms with Crippen LogP contribution >= 0.6 is 0 Å². The number of epoxide rings is 1. The van der Waals surface area contributed by atoms with Gasteiger partial charge in [-0.3, -0.25) is 0 Å². The zero-order valence-electron chi connectivity index (χ0n) is 15.7. The number of hydrogen-bond acceptors (Lipinski definition) is 2. The fraction of sp³-hybridized carbons (Fsp3) is 0.636. The lowest BCUT2D eigenvalue weighted by molar-refractivity contribution is 0.178. The van der Waals surface area contributed by atoms with Gasteiger partial charge in [-0.15, -0.1) is 0 Å². The monoisotopic (exact) mass is 344 g/mol. The molecule has 0 aromatic heterocycles. The molecule has 2 aliphatic carbocycles.